The first kappa shape index (κ1) is 13.1. The summed E-state index contributed by atoms with van der Waals surface area (Å²) in [6, 6.07) is 6.16. The van der Waals surface area contributed by atoms with Crippen molar-refractivity contribution in [2.24, 2.45) is 4.99 Å². The van der Waals surface area contributed by atoms with E-state index in [9.17, 15) is 9.18 Å². The Hall–Kier alpha value is -1.91. The molecule has 0 spiro atoms. The average molecular weight is 275 g/mol. The summed E-state index contributed by atoms with van der Waals surface area (Å²) in [4.78, 5) is 18.1. The molecular formula is C15H18FN3O. The van der Waals surface area contributed by atoms with Crippen LogP contribution < -0.4 is 10.2 Å². The Balaban J connectivity index is 1.73. The molecule has 0 bridgehead atoms. The standard InChI is InChI=1S/C15H18FN3O/c16-11-5-4-8-13(9-11)19-10-14(18-15(19)20)17-12-6-2-1-3-7-12/h4-5,8-9,12H,1-3,6-7,10H2,(H,17,18,20). The number of urea groups is 1. The van der Waals surface area contributed by atoms with Crippen molar-refractivity contribution in [2.45, 2.75) is 38.1 Å². The van der Waals surface area contributed by atoms with Crippen LogP contribution in [-0.4, -0.2) is 24.5 Å². The lowest BCUT2D eigenvalue weighted by Gasteiger charge is -2.18. The van der Waals surface area contributed by atoms with Gasteiger partial charge in [0.05, 0.1) is 12.6 Å². The minimum absolute atomic E-state index is 0.231. The molecule has 0 aromatic heterocycles. The van der Waals surface area contributed by atoms with Crippen molar-refractivity contribution in [1.82, 2.24) is 5.32 Å². The van der Waals surface area contributed by atoms with Crippen LogP contribution in [-0.2, 0) is 0 Å². The number of benzene rings is 1. The number of hydrogen-bond donors (Lipinski definition) is 1. The lowest BCUT2D eigenvalue weighted by molar-refractivity contribution is 0.253. The molecule has 106 valence electrons. The highest BCUT2D eigenvalue weighted by Gasteiger charge is 2.27. The normalized spacial score (nSPS) is 22.4. The molecule has 1 aromatic rings. The van der Waals surface area contributed by atoms with Gasteiger partial charge in [-0.25, -0.2) is 9.18 Å². The highest BCUT2D eigenvalue weighted by atomic mass is 19.1. The molecule has 4 nitrogen and oxygen atoms in total. The van der Waals surface area contributed by atoms with Gasteiger partial charge in [0.25, 0.3) is 0 Å². The number of hydrogen-bond acceptors (Lipinski definition) is 2. The summed E-state index contributed by atoms with van der Waals surface area (Å²) in [6.45, 7) is 0.402. The fraction of sp³-hybridized carbons (Fsp3) is 0.467. The van der Waals surface area contributed by atoms with Gasteiger partial charge in [-0.1, -0.05) is 25.3 Å². The number of amidine groups is 1. The number of amides is 2. The Labute approximate surface area is 117 Å². The Morgan fingerprint density at radius 1 is 1.25 bits per heavy atom. The fourth-order valence-corrected chi connectivity index (χ4v) is 2.81. The second kappa shape index (κ2) is 5.61. The van der Waals surface area contributed by atoms with Crippen molar-refractivity contribution in [2.75, 3.05) is 11.4 Å². The van der Waals surface area contributed by atoms with Crippen LogP contribution in [0.3, 0.4) is 0 Å². The zero-order valence-electron chi connectivity index (χ0n) is 11.3. The maximum absolute atomic E-state index is 13.2. The molecule has 3 rings (SSSR count). The molecule has 1 aliphatic heterocycles. The summed E-state index contributed by atoms with van der Waals surface area (Å²) in [7, 11) is 0. The molecule has 0 atom stereocenters. The number of nitrogens with one attached hydrogen (secondary N) is 1. The Bertz CT molecular complexity index is 538. The molecule has 0 radical (unpaired) electrons. The van der Waals surface area contributed by atoms with E-state index in [1.165, 1.54) is 36.3 Å². The number of halogens is 1. The quantitative estimate of drug-likeness (QED) is 0.885. The lowest BCUT2D eigenvalue weighted by Crippen LogP contribution is -2.28. The van der Waals surface area contributed by atoms with Crippen LogP contribution in [0.2, 0.25) is 0 Å². The molecule has 1 aromatic carbocycles. The molecule has 1 aliphatic carbocycles. The minimum Gasteiger partial charge on any atom is -0.294 e. The van der Waals surface area contributed by atoms with Gasteiger partial charge in [-0.2, -0.15) is 0 Å². The second-order valence-electron chi connectivity index (χ2n) is 5.36. The van der Waals surface area contributed by atoms with Crippen LogP contribution in [0, 0.1) is 5.82 Å². The number of carbonyl (C=O) groups excluding carboxylic acids is 1. The smallest absolute Gasteiger partial charge is 0.294 e. The highest BCUT2D eigenvalue weighted by molar-refractivity contribution is 6.14. The van der Waals surface area contributed by atoms with E-state index < -0.39 is 0 Å². The minimum atomic E-state index is -0.340. The van der Waals surface area contributed by atoms with Gasteiger partial charge in [0.2, 0.25) is 0 Å². The topological polar surface area (TPSA) is 44.7 Å². The summed E-state index contributed by atoms with van der Waals surface area (Å²) in [6.07, 6.45) is 5.90. The van der Waals surface area contributed by atoms with E-state index in [-0.39, 0.29) is 11.8 Å². The molecule has 1 saturated heterocycles. The van der Waals surface area contributed by atoms with Crippen LogP contribution in [0.5, 0.6) is 0 Å². The maximum atomic E-state index is 13.2. The van der Waals surface area contributed by atoms with E-state index in [1.54, 1.807) is 12.1 Å². The maximum Gasteiger partial charge on any atom is 0.327 e. The van der Waals surface area contributed by atoms with Crippen molar-refractivity contribution >= 4 is 17.6 Å². The zero-order valence-corrected chi connectivity index (χ0v) is 11.3. The lowest BCUT2D eigenvalue weighted by atomic mass is 9.96. The molecule has 1 saturated carbocycles. The molecule has 5 heteroatoms. The Morgan fingerprint density at radius 3 is 2.80 bits per heavy atom. The van der Waals surface area contributed by atoms with E-state index in [2.05, 4.69) is 10.3 Å². The predicted octanol–water partition coefficient (Wildman–Crippen LogP) is 3.09. The SMILES string of the molecule is O=C1NC(=NC2CCCCC2)CN1c1cccc(F)c1. The van der Waals surface area contributed by atoms with Crippen molar-refractivity contribution in [1.29, 1.82) is 0 Å². The summed E-state index contributed by atoms with van der Waals surface area (Å²) in [5, 5.41) is 2.78. The molecule has 1 heterocycles. The number of rotatable bonds is 2. The van der Waals surface area contributed by atoms with E-state index in [0.29, 0.717) is 24.1 Å². The second-order valence-corrected chi connectivity index (χ2v) is 5.36. The van der Waals surface area contributed by atoms with Gasteiger partial charge in [0, 0.05) is 5.69 Å². The van der Waals surface area contributed by atoms with Crippen molar-refractivity contribution in [3.63, 3.8) is 0 Å². The van der Waals surface area contributed by atoms with Crippen LogP contribution in [0.4, 0.5) is 14.9 Å². The van der Waals surface area contributed by atoms with Crippen molar-refractivity contribution in [3.05, 3.63) is 30.1 Å². The monoisotopic (exact) mass is 275 g/mol. The Kier molecular flexibility index (Phi) is 3.67. The van der Waals surface area contributed by atoms with Gasteiger partial charge in [0.1, 0.15) is 11.7 Å². The summed E-state index contributed by atoms with van der Waals surface area (Å²) in [5.41, 5.74) is 0.566. The third-order valence-electron chi connectivity index (χ3n) is 3.84. The van der Waals surface area contributed by atoms with Crippen molar-refractivity contribution < 1.29 is 9.18 Å². The highest BCUT2D eigenvalue weighted by Crippen LogP contribution is 2.22. The number of anilines is 1. The molecule has 2 fully saturated rings. The van der Waals surface area contributed by atoms with E-state index in [0.717, 1.165) is 12.8 Å². The van der Waals surface area contributed by atoms with Crippen LogP contribution >= 0.6 is 0 Å². The van der Waals surface area contributed by atoms with Gasteiger partial charge in [-0.15, -0.1) is 0 Å². The molecule has 2 aliphatic rings. The van der Waals surface area contributed by atoms with E-state index in [1.807, 2.05) is 0 Å². The van der Waals surface area contributed by atoms with Gasteiger partial charge < -0.3 is 0 Å². The fourth-order valence-electron chi connectivity index (χ4n) is 2.81. The first-order chi connectivity index (χ1) is 9.72. The van der Waals surface area contributed by atoms with E-state index in [4.69, 9.17) is 0 Å². The van der Waals surface area contributed by atoms with Crippen LogP contribution in [0.1, 0.15) is 32.1 Å². The first-order valence-electron chi connectivity index (χ1n) is 7.13. The molecule has 0 unspecified atom stereocenters. The summed E-state index contributed by atoms with van der Waals surface area (Å²) < 4.78 is 13.2. The van der Waals surface area contributed by atoms with Gasteiger partial charge in [-0.3, -0.25) is 15.2 Å². The molecule has 2 amide bonds. The predicted molar refractivity (Wildman–Crippen MR) is 76.6 cm³/mol. The Morgan fingerprint density at radius 2 is 2.05 bits per heavy atom. The first-order valence-corrected chi connectivity index (χ1v) is 7.13. The molecule has 20 heavy (non-hydrogen) atoms. The zero-order chi connectivity index (χ0) is 13.9. The van der Waals surface area contributed by atoms with Gasteiger partial charge >= 0.3 is 6.03 Å². The third-order valence-corrected chi connectivity index (χ3v) is 3.84. The van der Waals surface area contributed by atoms with Gasteiger partial charge in [-0.05, 0) is 31.0 Å². The average Bonchev–Trinajstić information content (AvgIpc) is 2.81. The number of carbonyl (C=O) groups is 1. The van der Waals surface area contributed by atoms with E-state index >= 15 is 0 Å². The number of aliphatic imine (C=N–C) groups is 1. The summed E-state index contributed by atoms with van der Waals surface area (Å²) in [5.74, 6) is 0.360. The molecular weight excluding hydrogens is 257 g/mol. The van der Waals surface area contributed by atoms with Gasteiger partial charge in [0.15, 0.2) is 0 Å². The summed E-state index contributed by atoms with van der Waals surface area (Å²) >= 11 is 0. The van der Waals surface area contributed by atoms with Crippen LogP contribution in [0.25, 0.3) is 0 Å². The largest absolute Gasteiger partial charge is 0.327 e. The third kappa shape index (κ3) is 2.81. The molecule has 1 N–H and O–H groups in total. The van der Waals surface area contributed by atoms with Crippen LogP contribution in [0.15, 0.2) is 29.3 Å². The van der Waals surface area contributed by atoms with Crippen molar-refractivity contribution in [3.8, 4) is 0 Å². The number of nitrogens with zero attached hydrogens (tertiary/aromatic N) is 2.